The molecule has 0 radical (unpaired) electrons. The Bertz CT molecular complexity index is 387. The lowest BCUT2D eigenvalue weighted by Crippen LogP contribution is -2.49. The highest BCUT2D eigenvalue weighted by atomic mass is 32.1. The van der Waals surface area contributed by atoms with Gasteiger partial charge in [0.05, 0.1) is 12.6 Å². The van der Waals surface area contributed by atoms with Crippen molar-refractivity contribution in [3.8, 4) is 0 Å². The van der Waals surface area contributed by atoms with Crippen LogP contribution in [0.4, 0.5) is 0 Å². The van der Waals surface area contributed by atoms with Crippen molar-refractivity contribution < 1.29 is 19.2 Å². The van der Waals surface area contributed by atoms with E-state index in [2.05, 4.69) is 23.3 Å². The van der Waals surface area contributed by atoms with Crippen LogP contribution in [0, 0.1) is 0 Å². The van der Waals surface area contributed by atoms with Crippen molar-refractivity contribution in [3.63, 3.8) is 0 Å². The first-order valence-electron chi connectivity index (χ1n) is 6.21. The van der Waals surface area contributed by atoms with E-state index < -0.39 is 23.9 Å². The number of carbonyl (C=O) groups excluding carboxylic acids is 4. The number of hydrogen-bond donors (Lipinski definition) is 4. The van der Waals surface area contributed by atoms with Gasteiger partial charge in [0.25, 0.3) is 0 Å². The second-order valence-electron chi connectivity index (χ2n) is 4.48. The first-order valence-corrected chi connectivity index (χ1v) is 6.84. The van der Waals surface area contributed by atoms with Crippen LogP contribution in [0.3, 0.4) is 0 Å². The third-order valence-electron chi connectivity index (χ3n) is 2.55. The molecule has 114 valence electrons. The Morgan fingerprint density at radius 3 is 2.25 bits per heavy atom. The Labute approximate surface area is 123 Å². The predicted molar refractivity (Wildman–Crippen MR) is 77.4 cm³/mol. The molecule has 7 nitrogen and oxygen atoms in total. The van der Waals surface area contributed by atoms with Gasteiger partial charge in [-0.05, 0) is 20.3 Å². The SMILES string of the molecule is CC(=O)CNC(=O)[C@@H](CS)NC(=O)CCC(N)C(C)=O. The summed E-state index contributed by atoms with van der Waals surface area (Å²) in [6.45, 7) is 2.61. The van der Waals surface area contributed by atoms with Crippen LogP contribution in [-0.2, 0) is 19.2 Å². The number of hydrogen-bond acceptors (Lipinski definition) is 6. The number of rotatable bonds is 9. The maximum absolute atomic E-state index is 11.7. The van der Waals surface area contributed by atoms with Crippen molar-refractivity contribution in [1.82, 2.24) is 10.6 Å². The Hall–Kier alpha value is -1.41. The lowest BCUT2D eigenvalue weighted by atomic mass is 10.1. The smallest absolute Gasteiger partial charge is 0.243 e. The maximum Gasteiger partial charge on any atom is 0.243 e. The molecule has 0 saturated carbocycles. The second-order valence-corrected chi connectivity index (χ2v) is 4.84. The monoisotopic (exact) mass is 303 g/mol. The first kappa shape index (κ1) is 18.6. The molecule has 0 aromatic carbocycles. The van der Waals surface area contributed by atoms with Gasteiger partial charge in [0.1, 0.15) is 17.6 Å². The number of thiol groups is 1. The zero-order chi connectivity index (χ0) is 15.7. The zero-order valence-corrected chi connectivity index (χ0v) is 12.5. The maximum atomic E-state index is 11.7. The lowest BCUT2D eigenvalue weighted by molar-refractivity contribution is -0.129. The molecule has 0 aliphatic heterocycles. The predicted octanol–water partition coefficient (Wildman–Crippen LogP) is -1.20. The third-order valence-corrected chi connectivity index (χ3v) is 2.92. The minimum atomic E-state index is -0.821. The molecule has 4 N–H and O–H groups in total. The molecule has 2 atom stereocenters. The Balaban J connectivity index is 4.21. The summed E-state index contributed by atoms with van der Waals surface area (Å²) in [4.78, 5) is 45.0. The van der Waals surface area contributed by atoms with Crippen LogP contribution in [0.2, 0.25) is 0 Å². The molecular formula is C12H21N3O4S. The van der Waals surface area contributed by atoms with E-state index in [0.29, 0.717) is 0 Å². The van der Waals surface area contributed by atoms with Gasteiger partial charge < -0.3 is 16.4 Å². The topological polar surface area (TPSA) is 118 Å². The molecule has 8 heteroatoms. The summed E-state index contributed by atoms with van der Waals surface area (Å²) in [5, 5.41) is 4.87. The molecule has 0 aliphatic rings. The van der Waals surface area contributed by atoms with Crippen LogP contribution in [0.15, 0.2) is 0 Å². The highest BCUT2D eigenvalue weighted by molar-refractivity contribution is 7.80. The van der Waals surface area contributed by atoms with E-state index in [9.17, 15) is 19.2 Å². The van der Waals surface area contributed by atoms with Gasteiger partial charge in [-0.2, -0.15) is 12.6 Å². The van der Waals surface area contributed by atoms with Crippen molar-refractivity contribution >= 4 is 36.0 Å². The summed E-state index contributed by atoms with van der Waals surface area (Å²) in [5.41, 5.74) is 5.51. The molecule has 1 unspecified atom stereocenters. The van der Waals surface area contributed by atoms with E-state index in [1.54, 1.807) is 0 Å². The lowest BCUT2D eigenvalue weighted by Gasteiger charge is -2.16. The summed E-state index contributed by atoms with van der Waals surface area (Å²) in [5.74, 6) is -1.13. The summed E-state index contributed by atoms with van der Waals surface area (Å²) >= 11 is 3.98. The van der Waals surface area contributed by atoms with Gasteiger partial charge >= 0.3 is 0 Å². The van der Waals surface area contributed by atoms with Crippen LogP contribution in [0.1, 0.15) is 26.7 Å². The van der Waals surface area contributed by atoms with E-state index in [-0.39, 0.29) is 36.7 Å². The van der Waals surface area contributed by atoms with Crippen molar-refractivity contribution in [1.29, 1.82) is 0 Å². The fraction of sp³-hybridized carbons (Fsp3) is 0.667. The van der Waals surface area contributed by atoms with Crippen molar-refractivity contribution in [2.24, 2.45) is 5.73 Å². The molecule has 0 saturated heterocycles. The highest BCUT2D eigenvalue weighted by Crippen LogP contribution is 1.98. The van der Waals surface area contributed by atoms with Gasteiger partial charge in [-0.3, -0.25) is 19.2 Å². The number of Topliss-reactive ketones (excluding diaryl/α,β-unsaturated/α-hetero) is 2. The number of amides is 2. The molecule has 20 heavy (non-hydrogen) atoms. The quantitative estimate of drug-likeness (QED) is 0.399. The molecule has 0 spiro atoms. The molecule has 0 aromatic rings. The van der Waals surface area contributed by atoms with Crippen molar-refractivity contribution in [2.75, 3.05) is 12.3 Å². The number of carbonyl (C=O) groups is 4. The third kappa shape index (κ3) is 7.90. The van der Waals surface area contributed by atoms with Gasteiger partial charge in [0.2, 0.25) is 11.8 Å². The minimum absolute atomic E-state index is 0.0466. The van der Waals surface area contributed by atoms with E-state index in [4.69, 9.17) is 5.73 Å². The average molecular weight is 303 g/mol. The molecule has 0 aliphatic carbocycles. The van der Waals surface area contributed by atoms with Crippen LogP contribution in [0.25, 0.3) is 0 Å². The van der Waals surface area contributed by atoms with Gasteiger partial charge in [-0.25, -0.2) is 0 Å². The highest BCUT2D eigenvalue weighted by Gasteiger charge is 2.20. The first-order chi connectivity index (χ1) is 9.27. The Kier molecular flexibility index (Phi) is 8.82. The van der Waals surface area contributed by atoms with Gasteiger partial charge in [-0.15, -0.1) is 0 Å². The summed E-state index contributed by atoms with van der Waals surface area (Å²) < 4.78 is 0. The van der Waals surface area contributed by atoms with Crippen molar-refractivity contribution in [2.45, 2.75) is 38.8 Å². The minimum Gasteiger partial charge on any atom is -0.347 e. The Morgan fingerprint density at radius 2 is 1.80 bits per heavy atom. The normalized spacial score (nSPS) is 13.2. The van der Waals surface area contributed by atoms with Gasteiger partial charge in [-0.1, -0.05) is 0 Å². The second kappa shape index (κ2) is 9.49. The summed E-state index contributed by atoms with van der Waals surface area (Å²) in [6, 6.07) is -1.50. The van der Waals surface area contributed by atoms with Gasteiger partial charge in [0.15, 0.2) is 0 Å². The van der Waals surface area contributed by atoms with Crippen LogP contribution in [0.5, 0.6) is 0 Å². The molecule has 0 heterocycles. The standard InChI is InChI=1S/C12H21N3O4S/c1-7(16)5-14-12(19)10(6-20)15-11(18)4-3-9(13)8(2)17/h9-10,20H,3-6,13H2,1-2H3,(H,14,19)(H,15,18)/t9?,10-/m1/s1. The van der Waals surface area contributed by atoms with Crippen LogP contribution < -0.4 is 16.4 Å². The molecule has 0 fully saturated rings. The molecular weight excluding hydrogens is 282 g/mol. The Morgan fingerprint density at radius 1 is 1.20 bits per heavy atom. The summed E-state index contributed by atoms with van der Waals surface area (Å²) in [7, 11) is 0. The van der Waals surface area contributed by atoms with E-state index in [1.165, 1.54) is 13.8 Å². The average Bonchev–Trinajstić information content (AvgIpc) is 2.38. The molecule has 0 bridgehead atoms. The van der Waals surface area contributed by atoms with E-state index in [0.717, 1.165) is 0 Å². The fourth-order valence-corrected chi connectivity index (χ4v) is 1.54. The summed E-state index contributed by atoms with van der Waals surface area (Å²) in [6.07, 6.45) is 0.264. The van der Waals surface area contributed by atoms with E-state index >= 15 is 0 Å². The zero-order valence-electron chi connectivity index (χ0n) is 11.6. The van der Waals surface area contributed by atoms with Crippen LogP contribution >= 0.6 is 12.6 Å². The number of nitrogens with two attached hydrogens (primary N) is 1. The van der Waals surface area contributed by atoms with Crippen LogP contribution in [-0.4, -0.2) is 47.8 Å². The van der Waals surface area contributed by atoms with Crippen molar-refractivity contribution in [3.05, 3.63) is 0 Å². The molecule has 0 rings (SSSR count). The van der Waals surface area contributed by atoms with E-state index in [1.807, 2.05) is 0 Å². The largest absolute Gasteiger partial charge is 0.347 e. The number of ketones is 2. The number of nitrogens with one attached hydrogen (secondary N) is 2. The molecule has 2 amide bonds. The molecule has 0 aromatic heterocycles. The fourth-order valence-electron chi connectivity index (χ4n) is 1.29. The van der Waals surface area contributed by atoms with Gasteiger partial charge in [0, 0.05) is 12.2 Å².